The number of carbonyl (C=O) groups excluding carboxylic acids is 2. The van der Waals surface area contributed by atoms with Crippen molar-refractivity contribution in [2.45, 2.75) is 58.6 Å². The first kappa shape index (κ1) is 23.8. The summed E-state index contributed by atoms with van der Waals surface area (Å²) in [5, 5.41) is 2.45. The Morgan fingerprint density at radius 1 is 1.24 bits per heavy atom. The Balaban J connectivity index is 1.74. The molecule has 4 heterocycles. The molecular formula is C23H28N6O4S. The number of hydrogen-bond donors (Lipinski definition) is 0. The molecular weight excluding hydrogens is 456 g/mol. The van der Waals surface area contributed by atoms with Crippen molar-refractivity contribution < 1.29 is 19.1 Å². The van der Waals surface area contributed by atoms with E-state index in [1.807, 2.05) is 33.8 Å². The number of imidazole rings is 1. The number of carbonyl (C=O) groups is 2. The van der Waals surface area contributed by atoms with E-state index in [9.17, 15) is 9.59 Å². The lowest BCUT2D eigenvalue weighted by Crippen LogP contribution is -2.37. The van der Waals surface area contributed by atoms with Gasteiger partial charge in [-0.05, 0) is 47.1 Å². The van der Waals surface area contributed by atoms with Crippen molar-refractivity contribution in [1.82, 2.24) is 29.4 Å². The number of aryl methyl sites for hydroxylation is 1. The Hall–Kier alpha value is -3.34. The molecule has 3 aromatic heterocycles. The molecule has 10 nitrogen and oxygen atoms in total. The Labute approximate surface area is 202 Å². The third kappa shape index (κ3) is 5.09. The van der Waals surface area contributed by atoms with Gasteiger partial charge in [0.1, 0.15) is 11.9 Å². The number of esters is 1. The van der Waals surface area contributed by atoms with Crippen LogP contribution in [0.25, 0.3) is 5.95 Å². The van der Waals surface area contributed by atoms with Crippen LogP contribution in [0, 0.1) is 6.92 Å². The molecule has 34 heavy (non-hydrogen) atoms. The Kier molecular flexibility index (Phi) is 6.65. The van der Waals surface area contributed by atoms with Crippen LogP contribution < -0.4 is 0 Å². The van der Waals surface area contributed by atoms with Crippen molar-refractivity contribution in [3.63, 3.8) is 0 Å². The lowest BCUT2D eigenvalue weighted by atomic mass is 9.97. The topological polar surface area (TPSA) is 112 Å². The molecule has 1 saturated heterocycles. The number of hydrogen-bond acceptors (Lipinski definition) is 9. The summed E-state index contributed by atoms with van der Waals surface area (Å²) in [5.41, 5.74) is 1.07. The summed E-state index contributed by atoms with van der Waals surface area (Å²) in [7, 11) is 0. The quantitative estimate of drug-likeness (QED) is 0.498. The molecule has 0 aliphatic carbocycles. The van der Waals surface area contributed by atoms with Gasteiger partial charge in [0.2, 0.25) is 5.95 Å². The van der Waals surface area contributed by atoms with E-state index in [1.54, 1.807) is 40.5 Å². The molecule has 4 rings (SSSR count). The predicted molar refractivity (Wildman–Crippen MR) is 125 cm³/mol. The van der Waals surface area contributed by atoms with E-state index in [2.05, 4.69) is 15.0 Å². The Morgan fingerprint density at radius 2 is 2.03 bits per heavy atom. The van der Waals surface area contributed by atoms with E-state index >= 15 is 0 Å². The second-order valence-corrected chi connectivity index (χ2v) is 9.90. The van der Waals surface area contributed by atoms with Crippen molar-refractivity contribution in [2.24, 2.45) is 0 Å². The van der Waals surface area contributed by atoms with Crippen LogP contribution in [0.5, 0.6) is 0 Å². The Morgan fingerprint density at radius 3 is 2.71 bits per heavy atom. The molecule has 1 amide bonds. The van der Waals surface area contributed by atoms with Gasteiger partial charge in [-0.1, -0.05) is 0 Å². The van der Waals surface area contributed by atoms with Crippen LogP contribution in [-0.4, -0.2) is 60.2 Å². The van der Waals surface area contributed by atoms with Crippen molar-refractivity contribution in [3.8, 4) is 5.95 Å². The summed E-state index contributed by atoms with van der Waals surface area (Å²) in [5.74, 6) is -0.150. The zero-order valence-corrected chi connectivity index (χ0v) is 20.7. The first-order valence-electron chi connectivity index (χ1n) is 11.1. The van der Waals surface area contributed by atoms with E-state index in [0.717, 1.165) is 10.7 Å². The molecule has 11 heteroatoms. The average Bonchev–Trinajstić information content (AvgIpc) is 3.52. The van der Waals surface area contributed by atoms with Gasteiger partial charge in [0.05, 0.1) is 23.4 Å². The standard InChI is InChI=1S/C23H28N6O4S/c1-6-32-20(30)17-12-34-19(26-17)15-7-9-29(22(31)33-23(3,4)5)18(15)16-11-14(2)25-21(27-16)28-10-8-24-13-28/h8,10-13,15,18H,6-7,9H2,1-5H3/t15-,18-/m0/s1. The SMILES string of the molecule is CCOC(=O)c1csc([C@H]2CCN(C(=O)OC(C)(C)C)[C@@H]2c2cc(C)nc(-n3ccnc3)n2)n1. The van der Waals surface area contributed by atoms with Gasteiger partial charge in [0.25, 0.3) is 0 Å². The highest BCUT2D eigenvalue weighted by molar-refractivity contribution is 7.09. The van der Waals surface area contributed by atoms with Gasteiger partial charge < -0.3 is 9.47 Å². The highest BCUT2D eigenvalue weighted by atomic mass is 32.1. The maximum atomic E-state index is 13.2. The first-order valence-corrected chi connectivity index (χ1v) is 12.0. The average molecular weight is 485 g/mol. The molecule has 1 aliphatic rings. The van der Waals surface area contributed by atoms with Crippen LogP contribution in [0.3, 0.4) is 0 Å². The second kappa shape index (κ2) is 9.49. The van der Waals surface area contributed by atoms with Crippen molar-refractivity contribution in [3.05, 3.63) is 52.3 Å². The zero-order valence-electron chi connectivity index (χ0n) is 19.9. The maximum absolute atomic E-state index is 13.2. The molecule has 1 fully saturated rings. The normalized spacial score (nSPS) is 18.2. The molecule has 0 radical (unpaired) electrons. The Bertz CT molecular complexity index is 1170. The molecule has 180 valence electrons. The smallest absolute Gasteiger partial charge is 0.410 e. The van der Waals surface area contributed by atoms with Crippen LogP contribution >= 0.6 is 11.3 Å². The van der Waals surface area contributed by atoms with E-state index in [0.29, 0.717) is 24.6 Å². The lowest BCUT2D eigenvalue weighted by Gasteiger charge is -2.30. The lowest BCUT2D eigenvalue weighted by molar-refractivity contribution is 0.0213. The van der Waals surface area contributed by atoms with E-state index in [1.165, 1.54) is 11.3 Å². The van der Waals surface area contributed by atoms with Crippen LogP contribution in [-0.2, 0) is 9.47 Å². The fourth-order valence-electron chi connectivity index (χ4n) is 3.92. The summed E-state index contributed by atoms with van der Waals surface area (Å²) in [6.45, 7) is 9.91. The first-order chi connectivity index (χ1) is 16.2. The zero-order chi connectivity index (χ0) is 24.5. The summed E-state index contributed by atoms with van der Waals surface area (Å²) in [4.78, 5) is 45.0. The molecule has 0 N–H and O–H groups in total. The monoisotopic (exact) mass is 484 g/mol. The number of thiazole rings is 1. The number of amides is 1. The van der Waals surface area contributed by atoms with Crippen molar-refractivity contribution in [2.75, 3.05) is 13.2 Å². The van der Waals surface area contributed by atoms with Gasteiger partial charge in [-0.25, -0.2) is 29.5 Å². The van der Waals surface area contributed by atoms with Crippen LogP contribution in [0.2, 0.25) is 0 Å². The van der Waals surface area contributed by atoms with Gasteiger partial charge in [0, 0.05) is 35.9 Å². The summed E-state index contributed by atoms with van der Waals surface area (Å²) < 4.78 is 12.5. The number of rotatable bonds is 5. The number of likely N-dealkylation sites (tertiary alicyclic amines) is 1. The highest BCUT2D eigenvalue weighted by Crippen LogP contribution is 2.45. The van der Waals surface area contributed by atoms with Crippen molar-refractivity contribution >= 4 is 23.4 Å². The van der Waals surface area contributed by atoms with Gasteiger partial charge in [0.15, 0.2) is 5.69 Å². The molecule has 0 aromatic carbocycles. The molecule has 3 aromatic rings. The summed E-state index contributed by atoms with van der Waals surface area (Å²) >= 11 is 1.38. The highest BCUT2D eigenvalue weighted by Gasteiger charge is 2.43. The van der Waals surface area contributed by atoms with E-state index in [-0.39, 0.29) is 18.2 Å². The fraction of sp³-hybridized carbons (Fsp3) is 0.478. The second-order valence-electron chi connectivity index (χ2n) is 9.01. The molecule has 0 unspecified atom stereocenters. The van der Waals surface area contributed by atoms with Crippen LogP contribution in [0.1, 0.15) is 73.0 Å². The third-order valence-corrected chi connectivity index (χ3v) is 6.23. The number of aromatic nitrogens is 5. The minimum absolute atomic E-state index is 0.161. The molecule has 0 saturated carbocycles. The molecule has 1 aliphatic heterocycles. The minimum atomic E-state index is -0.637. The van der Waals surface area contributed by atoms with Gasteiger partial charge in [-0.15, -0.1) is 11.3 Å². The predicted octanol–water partition coefficient (Wildman–Crippen LogP) is 4.07. The number of ether oxygens (including phenoxy) is 2. The van der Waals surface area contributed by atoms with E-state index in [4.69, 9.17) is 14.5 Å². The summed E-state index contributed by atoms with van der Waals surface area (Å²) in [6.07, 6.45) is 5.29. The van der Waals surface area contributed by atoms with Gasteiger partial charge >= 0.3 is 12.1 Å². The molecule has 0 spiro atoms. The van der Waals surface area contributed by atoms with Gasteiger partial charge in [-0.2, -0.15) is 0 Å². The van der Waals surface area contributed by atoms with Crippen LogP contribution in [0.15, 0.2) is 30.2 Å². The third-order valence-electron chi connectivity index (χ3n) is 5.25. The number of nitrogens with zero attached hydrogens (tertiary/aromatic N) is 6. The largest absolute Gasteiger partial charge is 0.461 e. The molecule has 2 atom stereocenters. The van der Waals surface area contributed by atoms with Gasteiger partial charge in [-0.3, -0.25) is 9.47 Å². The van der Waals surface area contributed by atoms with E-state index < -0.39 is 23.7 Å². The maximum Gasteiger partial charge on any atom is 0.410 e. The van der Waals surface area contributed by atoms with Crippen molar-refractivity contribution in [1.29, 1.82) is 0 Å². The minimum Gasteiger partial charge on any atom is -0.461 e. The fourth-order valence-corrected chi connectivity index (χ4v) is 4.87. The van der Waals surface area contributed by atoms with Crippen LogP contribution in [0.4, 0.5) is 4.79 Å². The summed E-state index contributed by atoms with van der Waals surface area (Å²) in [6, 6.07) is 1.45. The molecule has 0 bridgehead atoms.